The first-order valence-corrected chi connectivity index (χ1v) is 5.92. The van der Waals surface area contributed by atoms with Gasteiger partial charge in [-0.05, 0) is 16.7 Å². The molecule has 0 saturated carbocycles. The predicted octanol–water partition coefficient (Wildman–Crippen LogP) is 2.67. The maximum Gasteiger partial charge on any atom is 0.336 e. The quantitative estimate of drug-likeness (QED) is 0.651. The molecule has 0 fully saturated rings. The maximum absolute atomic E-state index is 11.5. The Hall–Kier alpha value is -2.39. The van der Waals surface area contributed by atoms with Gasteiger partial charge in [-0.3, -0.25) is 0 Å². The van der Waals surface area contributed by atoms with Crippen LogP contribution in [0, 0.1) is 0 Å². The molecule has 3 heteroatoms. The molecule has 0 radical (unpaired) electrons. The second kappa shape index (κ2) is 5.98. The van der Waals surface area contributed by atoms with E-state index in [1.807, 2.05) is 24.3 Å². The number of carboxylic acid groups (broad SMARTS) is 1. The lowest BCUT2D eigenvalue weighted by atomic mass is 9.95. The Bertz CT molecular complexity index is 586. The Kier molecular flexibility index (Phi) is 4.11. The van der Waals surface area contributed by atoms with Crippen LogP contribution in [0.15, 0.2) is 60.7 Å². The second-order valence-corrected chi connectivity index (χ2v) is 4.05. The van der Waals surface area contributed by atoms with Crippen LogP contribution in [-0.2, 0) is 4.79 Å². The molecule has 2 N–H and O–H groups in total. The number of aliphatic hydroxyl groups is 1. The number of hydrogen-bond acceptors (Lipinski definition) is 2. The molecule has 0 bridgehead atoms. The minimum atomic E-state index is -1.04. The Balaban J connectivity index is 2.64. The molecule has 0 heterocycles. The summed E-state index contributed by atoms with van der Waals surface area (Å²) >= 11 is 0. The van der Waals surface area contributed by atoms with Crippen molar-refractivity contribution >= 4 is 17.1 Å². The molecule has 2 aromatic carbocycles. The van der Waals surface area contributed by atoms with Crippen molar-refractivity contribution in [3.05, 3.63) is 71.8 Å². The molecule has 19 heavy (non-hydrogen) atoms. The molecule has 0 unspecified atom stereocenters. The van der Waals surface area contributed by atoms with E-state index in [0.717, 1.165) is 0 Å². The van der Waals surface area contributed by atoms with Gasteiger partial charge in [0.1, 0.15) is 0 Å². The average molecular weight is 254 g/mol. The number of benzene rings is 2. The lowest BCUT2D eigenvalue weighted by Crippen LogP contribution is -2.06. The van der Waals surface area contributed by atoms with Crippen LogP contribution in [0.5, 0.6) is 0 Å². The molecule has 2 rings (SSSR count). The summed E-state index contributed by atoms with van der Waals surface area (Å²) in [6, 6.07) is 17.9. The highest BCUT2D eigenvalue weighted by molar-refractivity contribution is 6.23. The minimum Gasteiger partial charge on any atom is -0.478 e. The highest BCUT2D eigenvalue weighted by Crippen LogP contribution is 2.26. The van der Waals surface area contributed by atoms with Gasteiger partial charge in [-0.15, -0.1) is 0 Å². The van der Waals surface area contributed by atoms with Crippen LogP contribution in [0.25, 0.3) is 11.1 Å². The van der Waals surface area contributed by atoms with Crippen molar-refractivity contribution in [2.45, 2.75) is 0 Å². The highest BCUT2D eigenvalue weighted by Gasteiger charge is 2.17. The Morgan fingerprint density at radius 1 is 0.842 bits per heavy atom. The van der Waals surface area contributed by atoms with Gasteiger partial charge in [-0.2, -0.15) is 0 Å². The summed E-state index contributed by atoms with van der Waals surface area (Å²) in [5, 5.41) is 19.0. The SMILES string of the molecule is O=C(O)/C(=C(/CO)c1ccccc1)c1ccccc1. The molecule has 3 nitrogen and oxygen atoms in total. The van der Waals surface area contributed by atoms with Crippen molar-refractivity contribution < 1.29 is 15.0 Å². The Labute approximate surface area is 111 Å². The number of aliphatic carboxylic acids is 1. The molecule has 0 aliphatic carbocycles. The molecule has 0 aromatic heterocycles. The molecular weight excluding hydrogens is 240 g/mol. The van der Waals surface area contributed by atoms with E-state index >= 15 is 0 Å². The van der Waals surface area contributed by atoms with Crippen molar-refractivity contribution in [3.8, 4) is 0 Å². The zero-order chi connectivity index (χ0) is 13.7. The summed E-state index contributed by atoms with van der Waals surface area (Å²) in [5.74, 6) is -1.04. The van der Waals surface area contributed by atoms with E-state index in [0.29, 0.717) is 16.7 Å². The summed E-state index contributed by atoms with van der Waals surface area (Å²) in [6.45, 7) is -0.319. The summed E-state index contributed by atoms with van der Waals surface area (Å²) in [7, 11) is 0. The van der Waals surface area contributed by atoms with Crippen LogP contribution in [0.3, 0.4) is 0 Å². The van der Waals surface area contributed by atoms with Crippen molar-refractivity contribution in [1.29, 1.82) is 0 Å². The van der Waals surface area contributed by atoms with Crippen molar-refractivity contribution in [2.24, 2.45) is 0 Å². The fourth-order valence-corrected chi connectivity index (χ4v) is 1.99. The lowest BCUT2D eigenvalue weighted by molar-refractivity contribution is -0.130. The van der Waals surface area contributed by atoms with Crippen molar-refractivity contribution in [2.75, 3.05) is 6.61 Å². The second-order valence-electron chi connectivity index (χ2n) is 4.05. The van der Waals surface area contributed by atoms with E-state index in [-0.39, 0.29) is 12.2 Å². The van der Waals surface area contributed by atoms with E-state index in [1.54, 1.807) is 36.4 Å². The smallest absolute Gasteiger partial charge is 0.336 e. The zero-order valence-corrected chi connectivity index (χ0v) is 10.3. The summed E-state index contributed by atoms with van der Waals surface area (Å²) in [4.78, 5) is 11.5. The molecule has 0 spiro atoms. The first kappa shape index (κ1) is 13.1. The first-order valence-electron chi connectivity index (χ1n) is 5.92. The van der Waals surface area contributed by atoms with Crippen LogP contribution in [0.2, 0.25) is 0 Å². The molecule has 2 aromatic rings. The molecule has 0 amide bonds. The van der Waals surface area contributed by atoms with Crippen LogP contribution >= 0.6 is 0 Å². The summed E-state index contributed by atoms with van der Waals surface area (Å²) < 4.78 is 0. The third-order valence-corrected chi connectivity index (χ3v) is 2.86. The van der Waals surface area contributed by atoms with Gasteiger partial charge >= 0.3 is 5.97 Å². The Morgan fingerprint density at radius 2 is 1.32 bits per heavy atom. The molecule has 0 aliphatic heterocycles. The Morgan fingerprint density at radius 3 is 1.74 bits per heavy atom. The van der Waals surface area contributed by atoms with Crippen LogP contribution < -0.4 is 0 Å². The van der Waals surface area contributed by atoms with E-state index in [2.05, 4.69) is 0 Å². The van der Waals surface area contributed by atoms with E-state index in [4.69, 9.17) is 0 Å². The molecule has 0 atom stereocenters. The molecule has 96 valence electrons. The van der Waals surface area contributed by atoms with Gasteiger partial charge in [0.15, 0.2) is 0 Å². The number of aliphatic hydroxyl groups excluding tert-OH is 1. The van der Waals surface area contributed by atoms with Gasteiger partial charge in [0, 0.05) is 0 Å². The topological polar surface area (TPSA) is 57.5 Å². The summed E-state index contributed by atoms with van der Waals surface area (Å²) in [6.07, 6.45) is 0. The number of carbonyl (C=O) groups is 1. The number of hydrogen-bond donors (Lipinski definition) is 2. The predicted molar refractivity (Wildman–Crippen MR) is 74.4 cm³/mol. The normalized spacial score (nSPS) is 11.8. The zero-order valence-electron chi connectivity index (χ0n) is 10.3. The third-order valence-electron chi connectivity index (χ3n) is 2.86. The van der Waals surface area contributed by atoms with Gasteiger partial charge in [-0.25, -0.2) is 4.79 Å². The highest BCUT2D eigenvalue weighted by atomic mass is 16.4. The average Bonchev–Trinajstić information content (AvgIpc) is 2.46. The van der Waals surface area contributed by atoms with Crippen molar-refractivity contribution in [1.82, 2.24) is 0 Å². The van der Waals surface area contributed by atoms with Crippen LogP contribution in [-0.4, -0.2) is 22.8 Å². The van der Waals surface area contributed by atoms with Gasteiger partial charge < -0.3 is 10.2 Å². The first-order chi connectivity index (χ1) is 9.24. The van der Waals surface area contributed by atoms with E-state index in [1.165, 1.54) is 0 Å². The van der Waals surface area contributed by atoms with Crippen molar-refractivity contribution in [3.63, 3.8) is 0 Å². The summed E-state index contributed by atoms with van der Waals surface area (Å²) in [5.41, 5.74) is 1.85. The fourth-order valence-electron chi connectivity index (χ4n) is 1.99. The van der Waals surface area contributed by atoms with E-state index in [9.17, 15) is 15.0 Å². The molecular formula is C16H14O3. The largest absolute Gasteiger partial charge is 0.478 e. The standard InChI is InChI=1S/C16H14O3/c17-11-14(12-7-3-1-4-8-12)15(16(18)19)13-9-5-2-6-10-13/h1-10,17H,11H2,(H,18,19)/b15-14-. The monoisotopic (exact) mass is 254 g/mol. The van der Waals surface area contributed by atoms with Gasteiger partial charge in [-0.1, -0.05) is 60.7 Å². The third kappa shape index (κ3) is 2.89. The molecule has 0 saturated heterocycles. The van der Waals surface area contributed by atoms with E-state index < -0.39 is 5.97 Å². The number of carboxylic acids is 1. The van der Waals surface area contributed by atoms with Gasteiger partial charge in [0.05, 0.1) is 12.2 Å². The van der Waals surface area contributed by atoms with Crippen LogP contribution in [0.1, 0.15) is 11.1 Å². The fraction of sp³-hybridized carbons (Fsp3) is 0.0625. The lowest BCUT2D eigenvalue weighted by Gasteiger charge is -2.11. The molecule has 0 aliphatic rings. The maximum atomic E-state index is 11.5. The van der Waals surface area contributed by atoms with Gasteiger partial charge in [0.2, 0.25) is 0 Å². The van der Waals surface area contributed by atoms with Gasteiger partial charge in [0.25, 0.3) is 0 Å². The number of rotatable bonds is 4. The van der Waals surface area contributed by atoms with Crippen LogP contribution in [0.4, 0.5) is 0 Å². The minimum absolute atomic E-state index is 0.134.